The van der Waals surface area contributed by atoms with Crippen LogP contribution in [-0.2, 0) is 10.0 Å². The van der Waals surface area contributed by atoms with Crippen molar-refractivity contribution in [3.05, 3.63) is 17.0 Å². The first kappa shape index (κ1) is 15.9. The van der Waals surface area contributed by atoms with Gasteiger partial charge in [0.1, 0.15) is 4.21 Å². The number of nitrogens with one attached hydrogen (secondary N) is 1. The van der Waals surface area contributed by atoms with Crippen LogP contribution < -0.4 is 4.72 Å². The van der Waals surface area contributed by atoms with Crippen LogP contribution in [0.25, 0.3) is 0 Å². The van der Waals surface area contributed by atoms with Gasteiger partial charge >= 0.3 is 0 Å². The van der Waals surface area contributed by atoms with Gasteiger partial charge in [-0.05, 0) is 50.4 Å². The lowest BCUT2D eigenvalue weighted by Gasteiger charge is -2.38. The maximum absolute atomic E-state index is 12.3. The van der Waals surface area contributed by atoms with Crippen LogP contribution in [-0.4, -0.2) is 39.0 Å². The van der Waals surface area contributed by atoms with Crippen molar-refractivity contribution >= 4 is 21.4 Å². The fourth-order valence-corrected chi connectivity index (χ4v) is 5.30. The van der Waals surface area contributed by atoms with Crippen LogP contribution in [0.3, 0.4) is 0 Å². The zero-order valence-corrected chi connectivity index (χ0v) is 14.1. The van der Waals surface area contributed by atoms with Gasteiger partial charge in [0, 0.05) is 12.1 Å². The molecular weight excluding hydrogens is 292 g/mol. The molecule has 1 N–H and O–H groups in total. The predicted molar refractivity (Wildman–Crippen MR) is 83.7 cm³/mol. The minimum absolute atomic E-state index is 0.00583. The highest BCUT2D eigenvalue weighted by Gasteiger charge is 2.38. The zero-order chi connectivity index (χ0) is 14.8. The van der Waals surface area contributed by atoms with Gasteiger partial charge in [-0.15, -0.1) is 11.3 Å². The van der Waals surface area contributed by atoms with Crippen LogP contribution >= 0.6 is 11.3 Å². The van der Waals surface area contributed by atoms with Gasteiger partial charge in [0.05, 0.1) is 0 Å². The second kappa shape index (κ2) is 6.13. The third-order valence-corrected chi connectivity index (χ3v) is 7.34. The first-order valence-electron chi connectivity index (χ1n) is 7.16. The van der Waals surface area contributed by atoms with Gasteiger partial charge in [-0.2, -0.15) is 0 Å². The van der Waals surface area contributed by atoms with Gasteiger partial charge < -0.3 is 0 Å². The summed E-state index contributed by atoms with van der Waals surface area (Å²) in [7, 11) is -1.27. The smallest absolute Gasteiger partial charge is 0.250 e. The molecule has 1 fully saturated rings. The van der Waals surface area contributed by atoms with Gasteiger partial charge in [-0.1, -0.05) is 19.8 Å². The summed E-state index contributed by atoms with van der Waals surface area (Å²) in [6, 6.07) is 1.73. The van der Waals surface area contributed by atoms with Gasteiger partial charge in [0.25, 0.3) is 0 Å². The Bertz CT molecular complexity index is 545. The molecule has 0 radical (unpaired) electrons. The van der Waals surface area contributed by atoms with Gasteiger partial charge in [0.2, 0.25) is 10.0 Å². The molecule has 1 heterocycles. The molecule has 1 aromatic rings. The van der Waals surface area contributed by atoms with E-state index in [0.29, 0.717) is 10.8 Å². The molecule has 0 unspecified atom stereocenters. The molecule has 1 aromatic heterocycles. The van der Waals surface area contributed by atoms with Gasteiger partial charge in [-0.25, -0.2) is 13.1 Å². The summed E-state index contributed by atoms with van der Waals surface area (Å²) in [5, 5.41) is 1.87. The van der Waals surface area contributed by atoms with Crippen LogP contribution in [0.1, 0.15) is 38.2 Å². The summed E-state index contributed by atoms with van der Waals surface area (Å²) in [4.78, 5) is 2.29. The van der Waals surface area contributed by atoms with Crippen molar-refractivity contribution in [1.82, 2.24) is 9.62 Å². The standard InChI is InChI=1S/C14H24N2O2S2/c1-4-16(3)14(7-5-6-8-14)11-15-20(17,18)13-9-12(2)10-19-13/h9-10,15H,4-8,11H2,1-3H3. The minimum atomic E-state index is -3.36. The van der Waals surface area contributed by atoms with E-state index < -0.39 is 10.0 Å². The summed E-state index contributed by atoms with van der Waals surface area (Å²) < 4.78 is 27.9. The minimum Gasteiger partial charge on any atom is -0.300 e. The largest absolute Gasteiger partial charge is 0.300 e. The predicted octanol–water partition coefficient (Wildman–Crippen LogP) is 2.60. The van der Waals surface area contributed by atoms with Crippen LogP contribution in [0.2, 0.25) is 0 Å². The van der Waals surface area contributed by atoms with Crippen LogP contribution in [0.15, 0.2) is 15.7 Å². The average molecular weight is 316 g/mol. The lowest BCUT2D eigenvalue weighted by atomic mass is 9.96. The maximum atomic E-state index is 12.3. The zero-order valence-electron chi connectivity index (χ0n) is 12.5. The average Bonchev–Trinajstić information content (AvgIpc) is 3.05. The van der Waals surface area contributed by atoms with Crippen molar-refractivity contribution in [2.75, 3.05) is 20.1 Å². The number of thiophene rings is 1. The Morgan fingerprint density at radius 2 is 2.05 bits per heavy atom. The van der Waals surface area contributed by atoms with Crippen LogP contribution in [0, 0.1) is 6.92 Å². The van der Waals surface area contributed by atoms with Crippen LogP contribution in [0.5, 0.6) is 0 Å². The molecule has 0 aromatic carbocycles. The number of hydrogen-bond acceptors (Lipinski definition) is 4. The Balaban J connectivity index is 2.10. The highest BCUT2D eigenvalue weighted by Crippen LogP contribution is 2.34. The summed E-state index contributed by atoms with van der Waals surface area (Å²) in [6.07, 6.45) is 4.51. The van der Waals surface area contributed by atoms with Crippen LogP contribution in [0.4, 0.5) is 0 Å². The number of sulfonamides is 1. The van der Waals surface area contributed by atoms with E-state index in [9.17, 15) is 8.42 Å². The summed E-state index contributed by atoms with van der Waals surface area (Å²) >= 11 is 1.29. The van der Waals surface area contributed by atoms with Crippen molar-refractivity contribution in [3.63, 3.8) is 0 Å². The topological polar surface area (TPSA) is 49.4 Å². The lowest BCUT2D eigenvalue weighted by Crippen LogP contribution is -2.52. The molecule has 20 heavy (non-hydrogen) atoms. The molecule has 1 saturated carbocycles. The molecule has 0 atom stereocenters. The fraction of sp³-hybridized carbons (Fsp3) is 0.714. The molecule has 4 nitrogen and oxygen atoms in total. The van der Waals surface area contributed by atoms with E-state index in [-0.39, 0.29) is 5.54 Å². The van der Waals surface area contributed by atoms with E-state index in [0.717, 1.165) is 24.9 Å². The Morgan fingerprint density at radius 1 is 1.40 bits per heavy atom. The Morgan fingerprint density at radius 3 is 2.55 bits per heavy atom. The summed E-state index contributed by atoms with van der Waals surface area (Å²) in [5.74, 6) is 0. The number of hydrogen-bond donors (Lipinski definition) is 1. The van der Waals surface area contributed by atoms with Crippen molar-refractivity contribution in [1.29, 1.82) is 0 Å². The van der Waals surface area contributed by atoms with E-state index >= 15 is 0 Å². The van der Waals surface area contributed by atoms with E-state index in [1.54, 1.807) is 6.07 Å². The van der Waals surface area contributed by atoms with Crippen molar-refractivity contribution in [2.24, 2.45) is 0 Å². The lowest BCUT2D eigenvalue weighted by molar-refractivity contribution is 0.135. The summed E-state index contributed by atoms with van der Waals surface area (Å²) in [6.45, 7) is 5.49. The van der Waals surface area contributed by atoms with Gasteiger partial charge in [0.15, 0.2) is 0 Å². The van der Waals surface area contributed by atoms with E-state index in [4.69, 9.17) is 0 Å². The summed E-state index contributed by atoms with van der Waals surface area (Å²) in [5.41, 5.74) is 0.991. The second-order valence-corrected chi connectivity index (χ2v) is 8.62. The third kappa shape index (κ3) is 3.24. The monoisotopic (exact) mass is 316 g/mol. The van der Waals surface area contributed by atoms with E-state index in [1.807, 2.05) is 12.3 Å². The number of aryl methyl sites for hydroxylation is 1. The maximum Gasteiger partial charge on any atom is 0.250 e. The first-order chi connectivity index (χ1) is 9.39. The van der Waals surface area contributed by atoms with E-state index in [2.05, 4.69) is 23.6 Å². The molecule has 6 heteroatoms. The number of likely N-dealkylation sites (N-methyl/N-ethyl adjacent to an activating group) is 1. The number of rotatable bonds is 6. The highest BCUT2D eigenvalue weighted by atomic mass is 32.2. The van der Waals surface area contributed by atoms with Crippen molar-refractivity contribution < 1.29 is 8.42 Å². The normalized spacial score (nSPS) is 18.8. The quantitative estimate of drug-likeness (QED) is 0.877. The molecule has 0 aliphatic heterocycles. The fourth-order valence-electron chi connectivity index (χ4n) is 2.91. The van der Waals surface area contributed by atoms with E-state index in [1.165, 1.54) is 24.2 Å². The Kier molecular flexibility index (Phi) is 4.89. The van der Waals surface area contributed by atoms with Gasteiger partial charge in [-0.3, -0.25) is 4.90 Å². The molecule has 0 spiro atoms. The Hall–Kier alpha value is -0.430. The molecule has 114 valence electrons. The molecule has 0 bridgehead atoms. The highest BCUT2D eigenvalue weighted by molar-refractivity contribution is 7.91. The first-order valence-corrected chi connectivity index (χ1v) is 9.52. The Labute approximate surface area is 126 Å². The van der Waals surface area contributed by atoms with Crippen molar-refractivity contribution in [3.8, 4) is 0 Å². The van der Waals surface area contributed by atoms with Crippen molar-refractivity contribution in [2.45, 2.75) is 49.3 Å². The second-order valence-electron chi connectivity index (χ2n) is 5.71. The third-order valence-electron chi connectivity index (χ3n) is 4.38. The molecule has 0 saturated heterocycles. The SMILES string of the molecule is CCN(C)C1(CNS(=O)(=O)c2cc(C)cs2)CCCC1. The molecule has 0 amide bonds. The molecule has 1 aliphatic carbocycles. The molecule has 2 rings (SSSR count). The molecule has 1 aliphatic rings. The number of nitrogens with zero attached hydrogens (tertiary/aromatic N) is 1. The molecular formula is C14H24N2O2S2.